The van der Waals surface area contributed by atoms with Crippen LogP contribution in [-0.4, -0.2) is 18.5 Å². The number of rotatable bonds is 4. The number of hydrogen-bond acceptors (Lipinski definition) is 2. The molecule has 0 aliphatic carbocycles. The predicted octanol–water partition coefficient (Wildman–Crippen LogP) is 1.46. The van der Waals surface area contributed by atoms with E-state index >= 15 is 0 Å². The lowest BCUT2D eigenvalue weighted by Gasteiger charge is -2.10. The summed E-state index contributed by atoms with van der Waals surface area (Å²) in [6, 6.07) is 0.0838. The van der Waals surface area contributed by atoms with E-state index in [1.165, 1.54) is 0 Å². The van der Waals surface area contributed by atoms with Gasteiger partial charge in [0.25, 0.3) is 0 Å². The molecule has 1 saturated heterocycles. The fourth-order valence-corrected chi connectivity index (χ4v) is 1.98. The molecule has 1 rings (SSSR count). The highest BCUT2D eigenvalue weighted by Crippen LogP contribution is 2.19. The van der Waals surface area contributed by atoms with E-state index in [0.29, 0.717) is 8.52 Å². The van der Waals surface area contributed by atoms with Gasteiger partial charge < -0.3 is 5.32 Å². The zero-order valence-corrected chi connectivity index (χ0v) is 9.21. The van der Waals surface area contributed by atoms with Crippen LogP contribution >= 0.6 is 8.52 Å². The summed E-state index contributed by atoms with van der Waals surface area (Å²) in [5.41, 5.74) is 5.34. The molecule has 1 aliphatic rings. The zero-order chi connectivity index (χ0) is 10.4. The average Bonchev–Trinajstić information content (AvgIpc) is 2.53. The van der Waals surface area contributed by atoms with Crippen LogP contribution in [0, 0.1) is 5.92 Å². The first-order chi connectivity index (χ1) is 6.77. The van der Waals surface area contributed by atoms with Crippen molar-refractivity contribution >= 4 is 14.4 Å². The van der Waals surface area contributed by atoms with Gasteiger partial charge in [0.1, 0.15) is 0 Å². The Labute approximate surface area is 85.9 Å². The van der Waals surface area contributed by atoms with Gasteiger partial charge in [-0.3, -0.25) is 10.3 Å². The summed E-state index contributed by atoms with van der Waals surface area (Å²) in [5.74, 6) is 0.269. The molecule has 1 amide bonds. The molecule has 3 N–H and O–H groups in total. The number of hydrogen-bond donors (Lipinski definition) is 2. The Balaban J connectivity index is 2.50. The highest BCUT2D eigenvalue weighted by atomic mass is 31.1. The summed E-state index contributed by atoms with van der Waals surface area (Å²) in [6.07, 6.45) is 5.64. The first-order valence-corrected chi connectivity index (χ1v) is 5.70. The van der Waals surface area contributed by atoms with Gasteiger partial charge in [-0.2, -0.15) is 0 Å². The SMILES string of the molecule is C/C=C/C(CC1CCNC1=O)N=PN. The Bertz CT molecular complexity index is 240. The second-order valence-corrected chi connectivity index (χ2v) is 3.80. The maximum Gasteiger partial charge on any atom is 0.223 e. The minimum Gasteiger partial charge on any atom is -0.356 e. The maximum absolute atomic E-state index is 11.3. The van der Waals surface area contributed by atoms with Crippen LogP contribution < -0.4 is 10.8 Å². The van der Waals surface area contributed by atoms with Crippen LogP contribution in [0.5, 0.6) is 0 Å². The van der Waals surface area contributed by atoms with E-state index in [-0.39, 0.29) is 17.9 Å². The average molecular weight is 213 g/mol. The van der Waals surface area contributed by atoms with E-state index in [1.807, 2.05) is 19.1 Å². The van der Waals surface area contributed by atoms with Gasteiger partial charge >= 0.3 is 0 Å². The van der Waals surface area contributed by atoms with E-state index in [4.69, 9.17) is 5.50 Å². The third-order valence-corrected chi connectivity index (χ3v) is 2.75. The number of nitrogens with zero attached hydrogens (tertiary/aromatic N) is 1. The molecule has 14 heavy (non-hydrogen) atoms. The van der Waals surface area contributed by atoms with Crippen molar-refractivity contribution in [2.24, 2.45) is 16.2 Å². The maximum atomic E-state index is 11.3. The lowest BCUT2D eigenvalue weighted by Crippen LogP contribution is -2.21. The van der Waals surface area contributed by atoms with E-state index in [0.717, 1.165) is 19.4 Å². The summed E-state index contributed by atoms with van der Waals surface area (Å²) in [4.78, 5) is 11.3. The molecule has 1 aliphatic heterocycles. The van der Waals surface area contributed by atoms with Gasteiger partial charge in [-0.25, -0.2) is 4.74 Å². The quantitative estimate of drug-likeness (QED) is 0.548. The molecule has 0 saturated carbocycles. The Kier molecular flexibility index (Phi) is 4.77. The molecule has 78 valence electrons. The molecule has 5 heteroatoms. The number of nitrogens with two attached hydrogens (primary N) is 1. The van der Waals surface area contributed by atoms with Crippen LogP contribution in [0.25, 0.3) is 0 Å². The van der Waals surface area contributed by atoms with Crippen LogP contribution in [0.4, 0.5) is 0 Å². The number of allylic oxidation sites excluding steroid dienone is 1. The first-order valence-electron chi connectivity index (χ1n) is 4.78. The molecule has 1 fully saturated rings. The summed E-state index contributed by atoms with van der Waals surface area (Å²) in [6.45, 7) is 2.75. The Hall–Kier alpha value is -0.730. The van der Waals surface area contributed by atoms with Crippen LogP contribution in [0.3, 0.4) is 0 Å². The first kappa shape index (κ1) is 11.3. The van der Waals surface area contributed by atoms with Gasteiger partial charge in [0.15, 0.2) is 0 Å². The van der Waals surface area contributed by atoms with E-state index in [2.05, 4.69) is 10.1 Å². The van der Waals surface area contributed by atoms with Gasteiger partial charge in [-0.05, 0) is 19.8 Å². The van der Waals surface area contributed by atoms with Crippen molar-refractivity contribution in [3.8, 4) is 0 Å². The third kappa shape index (κ3) is 3.20. The van der Waals surface area contributed by atoms with Crippen LogP contribution in [-0.2, 0) is 4.79 Å². The second-order valence-electron chi connectivity index (χ2n) is 3.34. The fourth-order valence-electron chi connectivity index (χ4n) is 1.63. The molecule has 0 spiro atoms. The van der Waals surface area contributed by atoms with Crippen LogP contribution in [0.15, 0.2) is 16.9 Å². The van der Waals surface area contributed by atoms with E-state index < -0.39 is 0 Å². The third-order valence-electron chi connectivity index (χ3n) is 2.32. The van der Waals surface area contributed by atoms with Gasteiger partial charge in [0.05, 0.1) is 14.6 Å². The van der Waals surface area contributed by atoms with Crippen molar-refractivity contribution in [2.45, 2.75) is 25.8 Å². The molecule has 1 heterocycles. The molecular weight excluding hydrogens is 197 g/mol. The molecule has 0 bridgehead atoms. The van der Waals surface area contributed by atoms with Gasteiger partial charge in [0.2, 0.25) is 5.91 Å². The van der Waals surface area contributed by atoms with Gasteiger partial charge in [-0.1, -0.05) is 12.2 Å². The number of carbonyl (C=O) groups is 1. The van der Waals surface area contributed by atoms with Gasteiger partial charge in [-0.15, -0.1) is 0 Å². The second kappa shape index (κ2) is 5.89. The van der Waals surface area contributed by atoms with Crippen molar-refractivity contribution in [3.05, 3.63) is 12.2 Å². The molecule has 0 aromatic carbocycles. The lowest BCUT2D eigenvalue weighted by molar-refractivity contribution is -0.122. The van der Waals surface area contributed by atoms with E-state index in [9.17, 15) is 4.79 Å². The van der Waals surface area contributed by atoms with Crippen molar-refractivity contribution in [3.63, 3.8) is 0 Å². The minimum atomic E-state index is 0.0838. The topological polar surface area (TPSA) is 67.5 Å². The zero-order valence-electron chi connectivity index (χ0n) is 8.31. The van der Waals surface area contributed by atoms with Crippen molar-refractivity contribution in [1.29, 1.82) is 0 Å². The van der Waals surface area contributed by atoms with Crippen LogP contribution in [0.2, 0.25) is 0 Å². The lowest BCUT2D eigenvalue weighted by atomic mass is 9.99. The summed E-state index contributed by atoms with van der Waals surface area (Å²) >= 11 is 0. The molecular formula is C9H16N3OP. The van der Waals surface area contributed by atoms with Crippen molar-refractivity contribution in [2.75, 3.05) is 6.54 Å². The molecule has 0 aromatic rings. The smallest absolute Gasteiger partial charge is 0.223 e. The number of carbonyl (C=O) groups excluding carboxylic acids is 1. The standard InChI is InChI=1S/C9H16N3OP/c1-2-3-8(12-14-10)6-7-4-5-11-9(7)13/h2-3,7-8H,4-6H2,1H3,(H2,10,12)(H,11,13)/b3-2+. The van der Waals surface area contributed by atoms with E-state index in [1.54, 1.807) is 0 Å². The Morgan fingerprint density at radius 1 is 1.86 bits per heavy atom. The number of nitrogens with one attached hydrogen (secondary N) is 1. The Morgan fingerprint density at radius 3 is 3.14 bits per heavy atom. The highest BCUT2D eigenvalue weighted by Gasteiger charge is 2.25. The summed E-state index contributed by atoms with van der Waals surface area (Å²) < 4.78 is 4.20. The van der Waals surface area contributed by atoms with Crippen molar-refractivity contribution < 1.29 is 4.79 Å². The fraction of sp³-hybridized carbons (Fsp3) is 0.667. The minimum absolute atomic E-state index is 0.0838. The molecule has 4 nitrogen and oxygen atoms in total. The highest BCUT2D eigenvalue weighted by molar-refractivity contribution is 7.23. The molecule has 0 aromatic heterocycles. The number of amides is 1. The largest absolute Gasteiger partial charge is 0.356 e. The van der Waals surface area contributed by atoms with Crippen LogP contribution in [0.1, 0.15) is 19.8 Å². The molecule has 2 unspecified atom stereocenters. The summed E-state index contributed by atoms with van der Waals surface area (Å²) in [5, 5.41) is 2.82. The molecule has 0 radical (unpaired) electrons. The molecule has 2 atom stereocenters. The summed E-state index contributed by atoms with van der Waals surface area (Å²) in [7, 11) is 0.541. The van der Waals surface area contributed by atoms with Gasteiger partial charge in [0, 0.05) is 12.5 Å². The predicted molar refractivity (Wildman–Crippen MR) is 57.9 cm³/mol. The van der Waals surface area contributed by atoms with Crippen molar-refractivity contribution in [1.82, 2.24) is 5.32 Å². The normalized spacial score (nSPS) is 24.7. The Morgan fingerprint density at radius 2 is 2.64 bits per heavy atom. The monoisotopic (exact) mass is 213 g/mol.